The first-order valence-corrected chi connectivity index (χ1v) is 11.2. The number of benzene rings is 2. The summed E-state index contributed by atoms with van der Waals surface area (Å²) in [7, 11) is -1.25. The van der Waals surface area contributed by atoms with Crippen LogP contribution < -0.4 is 20.9 Å². The van der Waals surface area contributed by atoms with E-state index in [0.29, 0.717) is 22.4 Å². The van der Waals surface area contributed by atoms with Crippen molar-refractivity contribution in [2.45, 2.75) is 17.7 Å². The van der Waals surface area contributed by atoms with E-state index in [0.717, 1.165) is 16.8 Å². The van der Waals surface area contributed by atoms with Crippen LogP contribution >= 0.6 is 0 Å². The summed E-state index contributed by atoms with van der Waals surface area (Å²) in [6.07, 6.45) is 3.17. The summed E-state index contributed by atoms with van der Waals surface area (Å²) in [6, 6.07) is 8.21. The highest BCUT2D eigenvalue weighted by atomic mass is 32.2. The monoisotopic (exact) mass is 459 g/mol. The van der Waals surface area contributed by atoms with Crippen molar-refractivity contribution in [2.75, 3.05) is 14.2 Å². The topological polar surface area (TPSA) is 134 Å². The molecule has 0 atom stereocenters. The fourth-order valence-corrected chi connectivity index (χ4v) is 4.87. The van der Waals surface area contributed by atoms with E-state index < -0.39 is 15.8 Å². The number of rotatable bonds is 7. The summed E-state index contributed by atoms with van der Waals surface area (Å²) >= 11 is 0. The van der Waals surface area contributed by atoms with E-state index in [9.17, 15) is 12.8 Å². The van der Waals surface area contributed by atoms with Gasteiger partial charge in [0.15, 0.2) is 11.5 Å². The van der Waals surface area contributed by atoms with Gasteiger partial charge in [-0.15, -0.1) is 5.10 Å². The molecule has 1 saturated carbocycles. The molecule has 168 valence electrons. The van der Waals surface area contributed by atoms with Crippen molar-refractivity contribution in [3.63, 3.8) is 0 Å². The van der Waals surface area contributed by atoms with Gasteiger partial charge in [0, 0.05) is 29.1 Å². The van der Waals surface area contributed by atoms with Crippen LogP contribution in [0.3, 0.4) is 0 Å². The Morgan fingerprint density at radius 2 is 1.78 bits per heavy atom. The molecular formula is C21H22FN5O4S. The van der Waals surface area contributed by atoms with E-state index in [1.54, 1.807) is 0 Å². The molecule has 1 aliphatic rings. The molecule has 0 unspecified atom stereocenters. The van der Waals surface area contributed by atoms with Crippen molar-refractivity contribution in [2.24, 2.45) is 27.6 Å². The molecule has 3 aromatic rings. The molecule has 0 bridgehead atoms. The summed E-state index contributed by atoms with van der Waals surface area (Å²) in [5.41, 5.74) is 12.1. The third-order valence-electron chi connectivity index (χ3n) is 5.16. The Morgan fingerprint density at radius 1 is 1.06 bits per heavy atom. The van der Waals surface area contributed by atoms with Crippen molar-refractivity contribution < 1.29 is 22.3 Å². The maximum Gasteiger partial charge on any atom is 0.268 e. The molecule has 0 spiro atoms. The number of nitrogens with zero attached hydrogens (tertiary/aromatic N) is 3. The van der Waals surface area contributed by atoms with Crippen molar-refractivity contribution >= 4 is 32.6 Å². The minimum absolute atomic E-state index is 0.0444. The summed E-state index contributed by atoms with van der Waals surface area (Å²) in [6.45, 7) is 0. The van der Waals surface area contributed by atoms with E-state index in [2.05, 4.69) is 10.2 Å². The third kappa shape index (κ3) is 3.86. The lowest BCUT2D eigenvalue weighted by Gasteiger charge is -2.11. The Balaban J connectivity index is 1.95. The lowest BCUT2D eigenvalue weighted by Crippen LogP contribution is -2.22. The van der Waals surface area contributed by atoms with Crippen LogP contribution in [0.5, 0.6) is 11.5 Å². The molecule has 0 aliphatic heterocycles. The van der Waals surface area contributed by atoms with Gasteiger partial charge < -0.3 is 20.9 Å². The number of aromatic nitrogens is 1. The molecule has 1 aliphatic carbocycles. The van der Waals surface area contributed by atoms with E-state index in [1.807, 2.05) is 0 Å². The van der Waals surface area contributed by atoms with Crippen molar-refractivity contribution in [3.05, 3.63) is 54.0 Å². The van der Waals surface area contributed by atoms with E-state index in [-0.39, 0.29) is 28.0 Å². The van der Waals surface area contributed by atoms with Gasteiger partial charge in [0.05, 0.1) is 30.3 Å². The Labute approximate surface area is 184 Å². The number of methoxy groups -OCH3 is 2. The molecule has 9 nitrogen and oxygen atoms in total. The largest absolute Gasteiger partial charge is 0.493 e. The molecular weight excluding hydrogens is 437 g/mol. The number of ether oxygens (including phenoxy) is 2. The van der Waals surface area contributed by atoms with E-state index >= 15 is 0 Å². The van der Waals surface area contributed by atoms with Gasteiger partial charge in [0.2, 0.25) is 5.96 Å². The lowest BCUT2D eigenvalue weighted by molar-refractivity contribution is 0.354. The van der Waals surface area contributed by atoms with Gasteiger partial charge in [0.1, 0.15) is 5.82 Å². The smallest absolute Gasteiger partial charge is 0.268 e. The van der Waals surface area contributed by atoms with Crippen molar-refractivity contribution in [1.82, 2.24) is 3.97 Å². The average molecular weight is 460 g/mol. The van der Waals surface area contributed by atoms with Gasteiger partial charge in [-0.3, -0.25) is 0 Å². The van der Waals surface area contributed by atoms with Crippen LogP contribution in [0.15, 0.2) is 57.7 Å². The summed E-state index contributed by atoms with van der Waals surface area (Å²) in [4.78, 5) is -0.0444. The highest BCUT2D eigenvalue weighted by Crippen LogP contribution is 2.38. The Morgan fingerprint density at radius 3 is 2.41 bits per heavy atom. The van der Waals surface area contributed by atoms with Gasteiger partial charge in [-0.2, -0.15) is 5.10 Å². The minimum atomic E-state index is -4.11. The number of fused-ring (bicyclic) bond motifs is 1. The Bertz CT molecular complexity index is 1360. The maximum atomic E-state index is 14.1. The summed E-state index contributed by atoms with van der Waals surface area (Å²) < 4.78 is 52.7. The number of hydrogen-bond donors (Lipinski definition) is 2. The normalized spacial score (nSPS) is 14.4. The van der Waals surface area contributed by atoms with Crippen LogP contribution in [0.25, 0.3) is 10.9 Å². The van der Waals surface area contributed by atoms with Crippen LogP contribution in [-0.2, 0) is 10.0 Å². The molecule has 2 aromatic carbocycles. The first-order chi connectivity index (χ1) is 15.3. The lowest BCUT2D eigenvalue weighted by atomic mass is 10.1. The first-order valence-electron chi connectivity index (χ1n) is 9.71. The average Bonchev–Trinajstić information content (AvgIpc) is 3.53. The molecule has 1 heterocycles. The van der Waals surface area contributed by atoms with E-state index in [1.165, 1.54) is 56.8 Å². The SMILES string of the molecule is COc1ccc(S(=O)(=O)n2cc(/C(=N/N=C(N)N)C3CC3)c3ccc(F)cc32)cc1OC. The Kier molecular flexibility index (Phi) is 5.51. The molecule has 32 heavy (non-hydrogen) atoms. The minimum Gasteiger partial charge on any atom is -0.493 e. The fraction of sp³-hybridized carbons (Fsp3) is 0.238. The molecule has 0 saturated heterocycles. The highest BCUT2D eigenvalue weighted by molar-refractivity contribution is 7.90. The van der Waals surface area contributed by atoms with Crippen LogP contribution in [0.1, 0.15) is 18.4 Å². The first kappa shape index (κ1) is 21.6. The number of halogens is 1. The van der Waals surface area contributed by atoms with Gasteiger partial charge in [-0.05, 0) is 43.2 Å². The Hall–Kier alpha value is -3.60. The molecule has 1 aromatic heterocycles. The second kappa shape index (κ2) is 8.15. The fourth-order valence-electron chi connectivity index (χ4n) is 3.49. The van der Waals surface area contributed by atoms with E-state index in [4.69, 9.17) is 20.9 Å². The van der Waals surface area contributed by atoms with Crippen LogP contribution in [0, 0.1) is 11.7 Å². The molecule has 0 amide bonds. The standard InChI is InChI=1S/C21H22FN5O4S/c1-30-18-8-6-14(10-19(18)31-2)32(28,29)27-11-16(15-7-5-13(22)9-17(15)27)20(12-3-4-12)25-26-21(23)24/h5-12H,3-4H2,1-2H3,(H4,23,24,26)/b25-20+. The summed E-state index contributed by atoms with van der Waals surface area (Å²) in [5, 5.41) is 8.44. The molecule has 11 heteroatoms. The number of nitrogens with two attached hydrogens (primary N) is 2. The second-order valence-electron chi connectivity index (χ2n) is 7.31. The zero-order valence-electron chi connectivity index (χ0n) is 17.4. The second-order valence-corrected chi connectivity index (χ2v) is 9.12. The highest BCUT2D eigenvalue weighted by Gasteiger charge is 2.32. The number of hydrogen-bond acceptors (Lipinski definition) is 6. The van der Waals surface area contributed by atoms with Crippen molar-refractivity contribution in [1.29, 1.82) is 0 Å². The molecule has 0 radical (unpaired) electrons. The predicted octanol–water partition coefficient (Wildman–Crippen LogP) is 2.42. The van der Waals surface area contributed by atoms with Crippen LogP contribution in [0.2, 0.25) is 0 Å². The molecule has 4 rings (SSSR count). The molecule has 1 fully saturated rings. The van der Waals surface area contributed by atoms with Gasteiger partial charge in [-0.1, -0.05) is 0 Å². The number of guanidine groups is 1. The maximum absolute atomic E-state index is 14.1. The zero-order chi connectivity index (χ0) is 23.0. The third-order valence-corrected chi connectivity index (χ3v) is 6.83. The van der Waals surface area contributed by atoms with Crippen LogP contribution in [-0.4, -0.2) is 38.3 Å². The van der Waals surface area contributed by atoms with Crippen LogP contribution in [0.4, 0.5) is 4.39 Å². The van der Waals surface area contributed by atoms with Gasteiger partial charge >= 0.3 is 0 Å². The quantitative estimate of drug-likeness (QED) is 0.317. The zero-order valence-corrected chi connectivity index (χ0v) is 18.3. The van der Waals surface area contributed by atoms with Gasteiger partial charge in [0.25, 0.3) is 10.0 Å². The van der Waals surface area contributed by atoms with Crippen molar-refractivity contribution in [3.8, 4) is 11.5 Å². The summed E-state index contributed by atoms with van der Waals surface area (Å²) in [5.74, 6) is -0.0534. The molecule has 4 N–H and O–H groups in total. The predicted molar refractivity (Wildman–Crippen MR) is 119 cm³/mol. The van der Waals surface area contributed by atoms with Gasteiger partial charge in [-0.25, -0.2) is 16.8 Å².